The summed E-state index contributed by atoms with van der Waals surface area (Å²) in [5.74, 6) is 0.263. The summed E-state index contributed by atoms with van der Waals surface area (Å²) < 4.78 is 11.5. The van der Waals surface area contributed by atoms with E-state index in [1.54, 1.807) is 32.2 Å². The second kappa shape index (κ2) is 7.44. The Kier molecular flexibility index (Phi) is 4.83. The molecule has 28 heavy (non-hydrogen) atoms. The number of fused-ring (bicyclic) bond motifs is 1. The Morgan fingerprint density at radius 3 is 2.68 bits per heavy atom. The highest BCUT2D eigenvalue weighted by molar-refractivity contribution is 9.10. The number of halogens is 1. The summed E-state index contributed by atoms with van der Waals surface area (Å²) in [6.07, 6.45) is 0. The number of anilines is 1. The minimum atomic E-state index is -0.299. The molecule has 2 aromatic carbocycles. The van der Waals surface area contributed by atoms with E-state index < -0.39 is 0 Å². The molecule has 1 amide bonds. The normalized spacial score (nSPS) is 10.8. The van der Waals surface area contributed by atoms with Crippen LogP contribution in [0, 0.1) is 6.92 Å². The zero-order chi connectivity index (χ0) is 19.7. The van der Waals surface area contributed by atoms with Crippen molar-refractivity contribution in [3.8, 4) is 17.0 Å². The molecule has 2 aromatic heterocycles. The van der Waals surface area contributed by atoms with Crippen LogP contribution in [0.25, 0.3) is 22.4 Å². The highest BCUT2D eigenvalue weighted by atomic mass is 79.9. The highest BCUT2D eigenvalue weighted by Gasteiger charge is 2.20. The molecule has 0 aliphatic rings. The number of rotatable bonds is 4. The molecule has 0 spiro atoms. The molecule has 0 atom stereocenters. The molecule has 140 valence electrons. The molecular formula is C21H16BrN3O3. The zero-order valence-corrected chi connectivity index (χ0v) is 16.8. The minimum Gasteiger partial charge on any atom is -0.495 e. The van der Waals surface area contributed by atoms with Crippen LogP contribution in [0.4, 0.5) is 5.69 Å². The molecule has 6 nitrogen and oxygen atoms in total. The molecule has 0 radical (unpaired) electrons. The van der Waals surface area contributed by atoms with E-state index in [0.717, 1.165) is 10.0 Å². The fraction of sp³-hybridized carbons (Fsp3) is 0.0952. The van der Waals surface area contributed by atoms with Gasteiger partial charge in [-0.1, -0.05) is 51.4 Å². The molecule has 0 saturated carbocycles. The Labute approximate surface area is 169 Å². The lowest BCUT2D eigenvalue weighted by atomic mass is 10.0. The van der Waals surface area contributed by atoms with Crippen molar-refractivity contribution < 1.29 is 14.1 Å². The fourth-order valence-electron chi connectivity index (χ4n) is 3.00. The van der Waals surface area contributed by atoms with Crippen LogP contribution in [0.5, 0.6) is 5.75 Å². The Morgan fingerprint density at radius 2 is 1.93 bits per heavy atom. The first-order valence-electron chi connectivity index (χ1n) is 8.54. The smallest absolute Gasteiger partial charge is 0.259 e. The maximum absolute atomic E-state index is 13.2. The Balaban J connectivity index is 1.82. The molecule has 4 aromatic rings. The molecule has 0 aliphatic heterocycles. The lowest BCUT2D eigenvalue weighted by Gasteiger charge is -2.12. The average Bonchev–Trinajstić information content (AvgIpc) is 3.09. The maximum atomic E-state index is 13.2. The van der Waals surface area contributed by atoms with E-state index in [-0.39, 0.29) is 5.91 Å². The van der Waals surface area contributed by atoms with E-state index in [2.05, 4.69) is 31.4 Å². The second-order valence-corrected chi connectivity index (χ2v) is 7.08. The lowest BCUT2D eigenvalue weighted by molar-refractivity contribution is 0.102. The topological polar surface area (TPSA) is 77.2 Å². The van der Waals surface area contributed by atoms with Crippen LogP contribution >= 0.6 is 15.9 Å². The zero-order valence-electron chi connectivity index (χ0n) is 15.2. The first-order valence-corrected chi connectivity index (χ1v) is 9.33. The molecule has 2 heterocycles. The predicted octanol–water partition coefficient (Wildman–Crippen LogP) is 5.22. The number of nitrogens with one attached hydrogen (secondary N) is 1. The number of ether oxygens (including phenoxy) is 1. The van der Waals surface area contributed by atoms with E-state index in [4.69, 9.17) is 9.26 Å². The van der Waals surface area contributed by atoms with Gasteiger partial charge in [0.15, 0.2) is 0 Å². The molecular weight excluding hydrogens is 422 g/mol. The Bertz CT molecular complexity index is 1170. The molecule has 0 bridgehead atoms. The third-order valence-corrected chi connectivity index (χ3v) is 4.83. The van der Waals surface area contributed by atoms with Gasteiger partial charge in [-0.2, -0.15) is 0 Å². The van der Waals surface area contributed by atoms with Crippen molar-refractivity contribution >= 4 is 38.6 Å². The van der Waals surface area contributed by atoms with Crippen molar-refractivity contribution in [2.24, 2.45) is 0 Å². The lowest BCUT2D eigenvalue weighted by Crippen LogP contribution is -2.14. The van der Waals surface area contributed by atoms with Gasteiger partial charge in [0.05, 0.1) is 35.1 Å². The Hall–Kier alpha value is -3.19. The van der Waals surface area contributed by atoms with Crippen molar-refractivity contribution in [1.82, 2.24) is 10.1 Å². The van der Waals surface area contributed by atoms with E-state index in [1.165, 1.54) is 0 Å². The first kappa shape index (κ1) is 18.2. The number of aromatic nitrogens is 2. The molecule has 7 heteroatoms. The van der Waals surface area contributed by atoms with E-state index in [9.17, 15) is 4.79 Å². The van der Waals surface area contributed by atoms with Gasteiger partial charge in [0, 0.05) is 10.0 Å². The summed E-state index contributed by atoms with van der Waals surface area (Å²) in [5, 5.41) is 7.48. The number of aryl methyl sites for hydroxylation is 1. The average molecular weight is 438 g/mol. The number of hydrogen-bond acceptors (Lipinski definition) is 5. The quantitative estimate of drug-likeness (QED) is 0.473. The Morgan fingerprint density at radius 1 is 1.14 bits per heavy atom. The van der Waals surface area contributed by atoms with Gasteiger partial charge >= 0.3 is 0 Å². The highest BCUT2D eigenvalue weighted by Crippen LogP contribution is 2.31. The summed E-state index contributed by atoms with van der Waals surface area (Å²) in [7, 11) is 1.56. The second-order valence-electron chi connectivity index (χ2n) is 6.17. The number of nitrogens with zero attached hydrogens (tertiary/aromatic N) is 2. The fourth-order valence-corrected chi connectivity index (χ4v) is 3.36. The number of amides is 1. The number of carbonyl (C=O) groups excluding carboxylic acids is 1. The summed E-state index contributed by atoms with van der Waals surface area (Å²) >= 11 is 3.42. The van der Waals surface area contributed by atoms with Crippen LogP contribution in [0.1, 0.15) is 16.1 Å². The van der Waals surface area contributed by atoms with Crippen LogP contribution in [-0.2, 0) is 0 Å². The molecule has 1 N–H and O–H groups in total. The van der Waals surface area contributed by atoms with Gasteiger partial charge < -0.3 is 14.6 Å². The van der Waals surface area contributed by atoms with Crippen LogP contribution in [0.15, 0.2) is 63.6 Å². The molecule has 0 saturated heterocycles. The van der Waals surface area contributed by atoms with Gasteiger partial charge in [-0.25, -0.2) is 4.98 Å². The van der Waals surface area contributed by atoms with Gasteiger partial charge in [0.25, 0.3) is 11.6 Å². The van der Waals surface area contributed by atoms with Crippen molar-refractivity contribution in [2.75, 3.05) is 12.4 Å². The first-order chi connectivity index (χ1) is 13.6. The number of pyridine rings is 1. The summed E-state index contributed by atoms with van der Waals surface area (Å²) in [5.41, 5.74) is 3.44. The number of benzene rings is 2. The largest absolute Gasteiger partial charge is 0.495 e. The third kappa shape index (κ3) is 3.36. The van der Waals surface area contributed by atoms with Crippen LogP contribution in [0.2, 0.25) is 0 Å². The van der Waals surface area contributed by atoms with E-state index in [1.807, 2.05) is 36.4 Å². The van der Waals surface area contributed by atoms with E-state index >= 15 is 0 Å². The van der Waals surface area contributed by atoms with Crippen molar-refractivity contribution in [3.05, 3.63) is 70.3 Å². The number of hydrogen-bond donors (Lipinski definition) is 1. The summed E-state index contributed by atoms with van der Waals surface area (Å²) in [6, 6.07) is 16.8. The van der Waals surface area contributed by atoms with Gasteiger partial charge in [0.2, 0.25) is 0 Å². The molecule has 4 rings (SSSR count). The maximum Gasteiger partial charge on any atom is 0.259 e. The monoisotopic (exact) mass is 437 g/mol. The van der Waals surface area contributed by atoms with Crippen molar-refractivity contribution in [1.29, 1.82) is 0 Å². The molecule has 0 aliphatic carbocycles. The summed E-state index contributed by atoms with van der Waals surface area (Å²) in [4.78, 5) is 17.7. The van der Waals surface area contributed by atoms with Crippen LogP contribution in [-0.4, -0.2) is 23.2 Å². The van der Waals surface area contributed by atoms with Crippen LogP contribution in [0.3, 0.4) is 0 Å². The van der Waals surface area contributed by atoms with Crippen molar-refractivity contribution in [3.63, 3.8) is 0 Å². The molecule has 0 fully saturated rings. The van der Waals surface area contributed by atoms with Gasteiger partial charge in [-0.3, -0.25) is 4.79 Å². The SMILES string of the molecule is COc1ccc(Br)cc1NC(=O)c1cc(-c2ccccc2)nc2onc(C)c12. The van der Waals surface area contributed by atoms with Gasteiger partial charge in [-0.15, -0.1) is 0 Å². The van der Waals surface area contributed by atoms with E-state index in [0.29, 0.717) is 39.5 Å². The molecule has 0 unspecified atom stereocenters. The number of carbonyl (C=O) groups is 1. The predicted molar refractivity (Wildman–Crippen MR) is 111 cm³/mol. The third-order valence-electron chi connectivity index (χ3n) is 4.34. The van der Waals surface area contributed by atoms with Crippen molar-refractivity contribution in [2.45, 2.75) is 6.92 Å². The number of methoxy groups -OCH3 is 1. The van der Waals surface area contributed by atoms with Gasteiger partial charge in [0.1, 0.15) is 5.75 Å². The van der Waals surface area contributed by atoms with Gasteiger partial charge in [-0.05, 0) is 31.2 Å². The minimum absolute atomic E-state index is 0.299. The summed E-state index contributed by atoms with van der Waals surface area (Å²) in [6.45, 7) is 1.78. The van der Waals surface area contributed by atoms with Crippen LogP contribution < -0.4 is 10.1 Å². The standard InChI is InChI=1S/C21H16BrN3O3/c1-12-19-15(20(26)23-17-10-14(22)8-9-18(17)27-2)11-16(24-21(19)28-25-12)13-6-4-3-5-7-13/h3-11H,1-2H3,(H,23,26).